The van der Waals surface area contributed by atoms with Gasteiger partial charge in [0.2, 0.25) is 0 Å². The summed E-state index contributed by atoms with van der Waals surface area (Å²) >= 11 is 0. The van der Waals surface area contributed by atoms with Gasteiger partial charge < -0.3 is 10.1 Å². The average Bonchev–Trinajstić information content (AvgIpc) is 3.25. The van der Waals surface area contributed by atoms with Crippen molar-refractivity contribution in [1.29, 1.82) is 0 Å². The zero-order valence-corrected chi connectivity index (χ0v) is 20.2. The molecule has 1 aromatic heterocycles. The Morgan fingerprint density at radius 1 is 0.971 bits per heavy atom. The van der Waals surface area contributed by atoms with Crippen molar-refractivity contribution in [2.75, 3.05) is 5.32 Å². The van der Waals surface area contributed by atoms with E-state index in [4.69, 9.17) is 4.74 Å². The highest BCUT2D eigenvalue weighted by Gasteiger charge is 2.13. The summed E-state index contributed by atoms with van der Waals surface area (Å²) in [7, 11) is 0. The monoisotopic (exact) mass is 453 g/mol. The van der Waals surface area contributed by atoms with Gasteiger partial charge in [0.1, 0.15) is 12.4 Å². The third kappa shape index (κ3) is 6.13. The van der Waals surface area contributed by atoms with Crippen LogP contribution in [0.3, 0.4) is 0 Å². The number of hydrogen-bond donors (Lipinski definition) is 1. The molecule has 4 aromatic rings. The van der Waals surface area contributed by atoms with Crippen LogP contribution in [0.25, 0.3) is 0 Å². The number of anilines is 1. The van der Waals surface area contributed by atoms with Crippen molar-refractivity contribution in [1.82, 2.24) is 9.78 Å². The number of ether oxygens (including phenoxy) is 1. The van der Waals surface area contributed by atoms with Gasteiger partial charge in [-0.2, -0.15) is 5.10 Å². The van der Waals surface area contributed by atoms with Crippen molar-refractivity contribution in [3.63, 3.8) is 0 Å². The number of rotatable bonds is 7. The number of hydrogen-bond acceptors (Lipinski definition) is 3. The second-order valence-corrected chi connectivity index (χ2v) is 9.63. The molecule has 1 heterocycles. The third-order valence-corrected chi connectivity index (χ3v) is 5.67. The fraction of sp³-hybridized carbons (Fsp3) is 0.241. The number of carbonyl (C=O) groups is 1. The first-order chi connectivity index (χ1) is 16.3. The molecule has 4 rings (SSSR count). The molecule has 0 atom stereocenters. The lowest BCUT2D eigenvalue weighted by atomic mass is 9.87. The summed E-state index contributed by atoms with van der Waals surface area (Å²) in [4.78, 5) is 12.8. The number of nitrogens with one attached hydrogen (secondary N) is 1. The summed E-state index contributed by atoms with van der Waals surface area (Å²) in [5.41, 5.74) is 5.93. The number of amides is 1. The van der Waals surface area contributed by atoms with Gasteiger partial charge in [-0.3, -0.25) is 9.48 Å². The van der Waals surface area contributed by atoms with Crippen LogP contribution in [0.2, 0.25) is 0 Å². The highest BCUT2D eigenvalue weighted by molar-refractivity contribution is 6.04. The molecule has 0 aliphatic carbocycles. The highest BCUT2D eigenvalue weighted by Crippen LogP contribution is 2.24. The van der Waals surface area contributed by atoms with E-state index in [9.17, 15) is 4.79 Å². The molecule has 0 aliphatic heterocycles. The van der Waals surface area contributed by atoms with E-state index >= 15 is 0 Å². The summed E-state index contributed by atoms with van der Waals surface area (Å²) in [6.45, 7) is 9.68. The first kappa shape index (κ1) is 23.3. The second kappa shape index (κ2) is 9.96. The van der Waals surface area contributed by atoms with E-state index in [-0.39, 0.29) is 11.3 Å². The maximum Gasteiger partial charge on any atom is 0.255 e. The first-order valence-electron chi connectivity index (χ1n) is 11.5. The minimum Gasteiger partial charge on any atom is -0.489 e. The van der Waals surface area contributed by atoms with Crippen molar-refractivity contribution in [3.05, 3.63) is 113 Å². The van der Waals surface area contributed by atoms with Gasteiger partial charge in [-0.1, -0.05) is 74.9 Å². The first-order valence-corrected chi connectivity index (χ1v) is 11.5. The summed E-state index contributed by atoms with van der Waals surface area (Å²) in [5.74, 6) is 0.634. The lowest BCUT2D eigenvalue weighted by Gasteiger charge is -2.19. The highest BCUT2D eigenvalue weighted by atomic mass is 16.5. The van der Waals surface area contributed by atoms with Gasteiger partial charge in [0.15, 0.2) is 0 Å². The Morgan fingerprint density at radius 3 is 2.41 bits per heavy atom. The number of aryl methyl sites for hydroxylation is 1. The Kier molecular flexibility index (Phi) is 6.82. The van der Waals surface area contributed by atoms with Crippen molar-refractivity contribution in [3.8, 4) is 5.75 Å². The Bertz CT molecular complexity index is 1250. The Balaban J connectivity index is 1.34. The zero-order chi connectivity index (χ0) is 24.1. The van der Waals surface area contributed by atoms with E-state index in [1.807, 2.05) is 41.2 Å². The van der Waals surface area contributed by atoms with Gasteiger partial charge in [-0.15, -0.1) is 0 Å². The van der Waals surface area contributed by atoms with Crippen LogP contribution >= 0.6 is 0 Å². The number of aromatic nitrogens is 2. The average molecular weight is 454 g/mol. The van der Waals surface area contributed by atoms with Gasteiger partial charge in [-0.05, 0) is 53.3 Å². The molecule has 1 amide bonds. The Labute approximate surface area is 201 Å². The number of carbonyl (C=O) groups excluding carboxylic acids is 1. The van der Waals surface area contributed by atoms with Crippen LogP contribution in [0.5, 0.6) is 5.75 Å². The second-order valence-electron chi connectivity index (χ2n) is 9.63. The van der Waals surface area contributed by atoms with Crippen LogP contribution in [0, 0.1) is 6.92 Å². The topological polar surface area (TPSA) is 56.2 Å². The minimum absolute atomic E-state index is 0.109. The predicted molar refractivity (Wildman–Crippen MR) is 136 cm³/mol. The summed E-state index contributed by atoms with van der Waals surface area (Å²) < 4.78 is 7.75. The fourth-order valence-corrected chi connectivity index (χ4v) is 3.62. The maximum atomic E-state index is 12.8. The molecule has 0 radical (unpaired) electrons. The summed E-state index contributed by atoms with van der Waals surface area (Å²) in [6, 6.07) is 24.0. The molecular formula is C29H31N3O2. The minimum atomic E-state index is -0.175. The molecule has 0 saturated carbocycles. The Hall–Kier alpha value is -3.86. The van der Waals surface area contributed by atoms with Crippen molar-refractivity contribution < 1.29 is 9.53 Å². The van der Waals surface area contributed by atoms with Gasteiger partial charge in [0.05, 0.1) is 18.4 Å². The predicted octanol–water partition coefficient (Wildman–Crippen LogP) is 6.37. The van der Waals surface area contributed by atoms with E-state index in [2.05, 4.69) is 74.5 Å². The standard InChI is InChI=1S/C29H31N3O2/c1-21-8-10-22(11-9-21)18-32-19-26(17-30-32)31-28(33)24-7-5-6-23(16-24)20-34-27-14-12-25(13-15-27)29(2,3)4/h5-17,19H,18,20H2,1-4H3,(H,31,33). The molecule has 5 nitrogen and oxygen atoms in total. The SMILES string of the molecule is Cc1ccc(Cn2cc(NC(=O)c3cccc(COc4ccc(C(C)(C)C)cc4)c3)cn2)cc1. The largest absolute Gasteiger partial charge is 0.489 e. The molecule has 0 saturated heterocycles. The molecule has 1 N–H and O–H groups in total. The smallest absolute Gasteiger partial charge is 0.255 e. The van der Waals surface area contributed by atoms with Crippen LogP contribution in [0.1, 0.15) is 53.4 Å². The van der Waals surface area contributed by atoms with E-state index in [1.165, 1.54) is 11.1 Å². The lowest BCUT2D eigenvalue weighted by Crippen LogP contribution is -2.12. The number of benzene rings is 3. The molecule has 0 unspecified atom stereocenters. The van der Waals surface area contributed by atoms with Gasteiger partial charge in [0.25, 0.3) is 5.91 Å². The molecule has 3 aromatic carbocycles. The molecule has 0 fully saturated rings. The van der Waals surface area contributed by atoms with E-state index in [0.717, 1.165) is 16.9 Å². The van der Waals surface area contributed by atoms with Crippen molar-refractivity contribution >= 4 is 11.6 Å². The summed E-state index contributed by atoms with van der Waals surface area (Å²) in [5, 5.41) is 7.30. The Morgan fingerprint density at radius 2 is 1.71 bits per heavy atom. The van der Waals surface area contributed by atoms with E-state index < -0.39 is 0 Å². The fourth-order valence-electron chi connectivity index (χ4n) is 3.62. The maximum absolute atomic E-state index is 12.8. The van der Waals surface area contributed by atoms with Gasteiger partial charge in [0, 0.05) is 11.8 Å². The molecule has 5 heteroatoms. The number of nitrogens with zero attached hydrogens (tertiary/aromatic N) is 2. The third-order valence-electron chi connectivity index (χ3n) is 5.67. The molecule has 34 heavy (non-hydrogen) atoms. The molecular weight excluding hydrogens is 422 g/mol. The van der Waals surface area contributed by atoms with E-state index in [0.29, 0.717) is 24.4 Å². The van der Waals surface area contributed by atoms with Crippen molar-refractivity contribution in [2.24, 2.45) is 0 Å². The zero-order valence-electron chi connectivity index (χ0n) is 20.2. The molecule has 174 valence electrons. The molecule has 0 aliphatic rings. The van der Waals surface area contributed by atoms with Crippen molar-refractivity contribution in [2.45, 2.75) is 46.3 Å². The lowest BCUT2D eigenvalue weighted by molar-refractivity contribution is 0.102. The van der Waals surface area contributed by atoms with Crippen LogP contribution in [-0.2, 0) is 18.6 Å². The quantitative estimate of drug-likeness (QED) is 0.354. The normalized spacial score (nSPS) is 11.3. The molecule has 0 spiro atoms. The summed E-state index contributed by atoms with van der Waals surface area (Å²) in [6.07, 6.45) is 3.51. The molecule has 0 bridgehead atoms. The van der Waals surface area contributed by atoms with Crippen LogP contribution in [-0.4, -0.2) is 15.7 Å². The van der Waals surface area contributed by atoms with Gasteiger partial charge in [-0.25, -0.2) is 0 Å². The van der Waals surface area contributed by atoms with E-state index in [1.54, 1.807) is 12.3 Å². The van der Waals surface area contributed by atoms with Crippen LogP contribution < -0.4 is 10.1 Å². The van der Waals surface area contributed by atoms with Gasteiger partial charge >= 0.3 is 0 Å². The van der Waals surface area contributed by atoms with Crippen LogP contribution in [0.4, 0.5) is 5.69 Å². The van der Waals surface area contributed by atoms with Crippen LogP contribution in [0.15, 0.2) is 85.2 Å².